The molecule has 8 nitrogen and oxygen atoms in total. The van der Waals surface area contributed by atoms with Crippen LogP contribution >= 0.6 is 0 Å². The summed E-state index contributed by atoms with van der Waals surface area (Å²) < 4.78 is 13.2. The van der Waals surface area contributed by atoms with Crippen LogP contribution in [-0.4, -0.2) is 67.8 Å². The van der Waals surface area contributed by atoms with E-state index in [2.05, 4.69) is 13.8 Å². The van der Waals surface area contributed by atoms with Crippen molar-refractivity contribution in [3.63, 3.8) is 0 Å². The Morgan fingerprint density at radius 2 is 1.79 bits per heavy atom. The van der Waals surface area contributed by atoms with E-state index in [1.54, 1.807) is 26.0 Å². The molecule has 0 aromatic heterocycles. The van der Waals surface area contributed by atoms with Crippen molar-refractivity contribution in [2.45, 2.75) is 142 Å². The number of aliphatic hydroxyl groups excluding tert-OH is 1. The number of aliphatic hydroxyl groups is 2. The maximum Gasteiger partial charge on any atom is 0.339 e. The lowest BCUT2D eigenvalue weighted by molar-refractivity contribution is -0.229. The van der Waals surface area contributed by atoms with Crippen LogP contribution in [0.3, 0.4) is 0 Å². The molecular formula is C34H54O8. The standard InChI is InChI=1S/C34H54O8/c1-9-25(31-21(6)18-34(11-3,42-31)26-16-17-33(40,10-2)23(8)41-26)30(37)22(7)28(35)19(4)12-14-24-15-13-20(5)29(36)27(24)32(38)39/h13,15,19,21-23,25-26,28,31,35-36,40H,9-12,14,16-18H2,1-8H3,(H,38,39)/t19?,21?,22?,23?,25?,26?,28?,31?,33-,34+/m1/s1. The number of Topliss-reactive ketones (excluding diaryl/α,β-unsaturated/α-hetero) is 1. The van der Waals surface area contributed by atoms with Gasteiger partial charge in [0.15, 0.2) is 0 Å². The number of ketones is 1. The summed E-state index contributed by atoms with van der Waals surface area (Å²) in [5.41, 5.74) is -0.437. The van der Waals surface area contributed by atoms with Gasteiger partial charge in [-0.15, -0.1) is 0 Å². The maximum absolute atomic E-state index is 13.9. The zero-order valence-electron chi connectivity index (χ0n) is 26.9. The molecule has 1 aromatic carbocycles. The third-order valence-electron chi connectivity index (χ3n) is 10.7. The van der Waals surface area contributed by atoms with Gasteiger partial charge in [0.25, 0.3) is 0 Å². The van der Waals surface area contributed by atoms with Crippen molar-refractivity contribution in [2.24, 2.45) is 23.7 Å². The maximum atomic E-state index is 13.9. The van der Waals surface area contributed by atoms with Gasteiger partial charge >= 0.3 is 5.97 Å². The van der Waals surface area contributed by atoms with Gasteiger partial charge in [0.05, 0.1) is 35.6 Å². The molecule has 238 valence electrons. The number of hydrogen-bond acceptors (Lipinski definition) is 7. The van der Waals surface area contributed by atoms with E-state index in [0.717, 1.165) is 12.8 Å². The predicted octanol–water partition coefficient (Wildman–Crippen LogP) is 5.84. The van der Waals surface area contributed by atoms with Gasteiger partial charge in [-0.05, 0) is 88.2 Å². The quantitative estimate of drug-likeness (QED) is 0.225. The highest BCUT2D eigenvalue weighted by molar-refractivity contribution is 5.93. The smallest absolute Gasteiger partial charge is 0.339 e. The SMILES string of the molecule is CCC(C(=O)C(C)C(O)C(C)CCc1ccc(C)c(O)c1C(=O)O)C1O[C@](CC)(C2CC[C@](O)(CC)C(C)O2)CC1C. The van der Waals surface area contributed by atoms with E-state index >= 15 is 0 Å². The summed E-state index contributed by atoms with van der Waals surface area (Å²) in [5, 5.41) is 42.1. The molecule has 2 aliphatic heterocycles. The number of carbonyl (C=O) groups is 2. The minimum atomic E-state index is -1.18. The minimum Gasteiger partial charge on any atom is -0.507 e. The van der Waals surface area contributed by atoms with E-state index in [1.165, 1.54) is 0 Å². The van der Waals surface area contributed by atoms with Crippen molar-refractivity contribution in [2.75, 3.05) is 0 Å². The van der Waals surface area contributed by atoms with Crippen LogP contribution < -0.4 is 0 Å². The van der Waals surface area contributed by atoms with Gasteiger partial charge in [-0.2, -0.15) is 0 Å². The van der Waals surface area contributed by atoms with Crippen molar-refractivity contribution in [3.8, 4) is 5.75 Å². The average Bonchev–Trinajstić information content (AvgIpc) is 3.31. The fourth-order valence-corrected chi connectivity index (χ4v) is 7.45. The molecule has 0 aliphatic carbocycles. The molecule has 2 saturated heterocycles. The van der Waals surface area contributed by atoms with Gasteiger partial charge in [0.1, 0.15) is 17.1 Å². The second kappa shape index (κ2) is 13.7. The van der Waals surface area contributed by atoms with Crippen LogP contribution in [0.25, 0.3) is 0 Å². The first-order chi connectivity index (χ1) is 19.7. The largest absolute Gasteiger partial charge is 0.507 e. The number of aryl methyl sites for hydroxylation is 2. The van der Waals surface area contributed by atoms with E-state index in [-0.39, 0.29) is 53.2 Å². The fourth-order valence-electron chi connectivity index (χ4n) is 7.45. The van der Waals surface area contributed by atoms with E-state index < -0.39 is 29.2 Å². The fraction of sp³-hybridized carbons (Fsp3) is 0.765. The van der Waals surface area contributed by atoms with Crippen LogP contribution in [0.4, 0.5) is 0 Å². The molecular weight excluding hydrogens is 536 g/mol. The zero-order valence-corrected chi connectivity index (χ0v) is 26.9. The number of carbonyl (C=O) groups excluding carboxylic acids is 1. The van der Waals surface area contributed by atoms with E-state index in [4.69, 9.17) is 9.47 Å². The van der Waals surface area contributed by atoms with Crippen molar-refractivity contribution < 1.29 is 39.5 Å². The number of benzene rings is 1. The van der Waals surface area contributed by atoms with Crippen molar-refractivity contribution in [1.29, 1.82) is 0 Å². The lowest BCUT2D eigenvalue weighted by Gasteiger charge is -2.47. The summed E-state index contributed by atoms with van der Waals surface area (Å²) in [6.07, 6.45) is 3.34. The second-order valence-electron chi connectivity index (χ2n) is 13.2. The molecule has 10 atom stereocenters. The highest BCUT2D eigenvalue weighted by atomic mass is 16.6. The Bertz CT molecular complexity index is 1100. The van der Waals surface area contributed by atoms with Crippen LogP contribution in [0.1, 0.15) is 115 Å². The van der Waals surface area contributed by atoms with Gasteiger partial charge in [-0.25, -0.2) is 4.79 Å². The Balaban J connectivity index is 1.69. The molecule has 2 fully saturated rings. The third kappa shape index (κ3) is 6.72. The summed E-state index contributed by atoms with van der Waals surface area (Å²) in [4.78, 5) is 25.7. The molecule has 8 heteroatoms. The van der Waals surface area contributed by atoms with Crippen LogP contribution in [0.5, 0.6) is 5.75 Å². The first-order valence-electron chi connectivity index (χ1n) is 16.0. The number of hydrogen-bond donors (Lipinski definition) is 4. The number of aromatic hydroxyl groups is 1. The molecule has 2 heterocycles. The molecule has 2 aliphatic rings. The Labute approximate surface area is 251 Å². The van der Waals surface area contributed by atoms with Gasteiger partial charge in [0.2, 0.25) is 0 Å². The number of ether oxygens (including phenoxy) is 2. The van der Waals surface area contributed by atoms with E-state index in [1.807, 2.05) is 27.7 Å². The first kappa shape index (κ1) is 34.5. The number of aromatic carboxylic acids is 1. The lowest BCUT2D eigenvalue weighted by atomic mass is 9.76. The molecule has 3 rings (SSSR count). The zero-order chi connectivity index (χ0) is 31.6. The van der Waals surface area contributed by atoms with Crippen molar-refractivity contribution >= 4 is 11.8 Å². The minimum absolute atomic E-state index is 0.0157. The molecule has 8 unspecified atom stereocenters. The highest BCUT2D eigenvalue weighted by Gasteiger charge is 2.55. The molecule has 42 heavy (non-hydrogen) atoms. The Kier molecular flexibility index (Phi) is 11.3. The van der Waals surface area contributed by atoms with Crippen LogP contribution in [0.2, 0.25) is 0 Å². The summed E-state index contributed by atoms with van der Waals surface area (Å²) in [5.74, 6) is -2.55. The Morgan fingerprint density at radius 3 is 2.33 bits per heavy atom. The molecule has 0 spiro atoms. The number of carboxylic acids is 1. The molecule has 4 N–H and O–H groups in total. The van der Waals surface area contributed by atoms with Crippen LogP contribution in [-0.2, 0) is 20.7 Å². The topological polar surface area (TPSA) is 134 Å². The molecule has 0 amide bonds. The van der Waals surface area contributed by atoms with Gasteiger partial charge in [-0.1, -0.05) is 53.7 Å². The molecule has 1 aromatic rings. The molecule has 0 bridgehead atoms. The van der Waals surface area contributed by atoms with Gasteiger partial charge in [-0.3, -0.25) is 4.79 Å². The number of rotatable bonds is 13. The van der Waals surface area contributed by atoms with E-state index in [0.29, 0.717) is 49.7 Å². The van der Waals surface area contributed by atoms with Crippen molar-refractivity contribution in [1.82, 2.24) is 0 Å². The van der Waals surface area contributed by atoms with Crippen molar-refractivity contribution in [3.05, 3.63) is 28.8 Å². The summed E-state index contributed by atoms with van der Waals surface area (Å²) in [6, 6.07) is 3.40. The first-order valence-corrected chi connectivity index (χ1v) is 16.0. The normalized spacial score (nSPS) is 32.7. The summed E-state index contributed by atoms with van der Waals surface area (Å²) >= 11 is 0. The summed E-state index contributed by atoms with van der Waals surface area (Å²) in [7, 11) is 0. The monoisotopic (exact) mass is 590 g/mol. The number of phenols is 1. The third-order valence-corrected chi connectivity index (χ3v) is 10.7. The molecule has 0 radical (unpaired) electrons. The average molecular weight is 591 g/mol. The second-order valence-corrected chi connectivity index (χ2v) is 13.2. The van der Waals surface area contributed by atoms with Crippen LogP contribution in [0.15, 0.2) is 12.1 Å². The van der Waals surface area contributed by atoms with Gasteiger partial charge in [0, 0.05) is 11.8 Å². The molecule has 0 saturated carbocycles. The number of carboxylic acid groups (broad SMARTS) is 1. The Hall–Kier alpha value is -2.00. The van der Waals surface area contributed by atoms with Gasteiger partial charge < -0.3 is 29.9 Å². The Morgan fingerprint density at radius 1 is 1.12 bits per heavy atom. The highest BCUT2D eigenvalue weighted by Crippen LogP contribution is 2.48. The van der Waals surface area contributed by atoms with Crippen LogP contribution in [0, 0.1) is 30.6 Å². The lowest BCUT2D eigenvalue weighted by Crippen LogP contribution is -2.55. The summed E-state index contributed by atoms with van der Waals surface area (Å²) in [6.45, 7) is 15.4. The predicted molar refractivity (Wildman–Crippen MR) is 162 cm³/mol. The van der Waals surface area contributed by atoms with E-state index in [9.17, 15) is 30.0 Å².